The van der Waals surface area contributed by atoms with E-state index in [2.05, 4.69) is 194 Å². The summed E-state index contributed by atoms with van der Waals surface area (Å²) in [4.78, 5) is 0. The third-order valence-electron chi connectivity index (χ3n) is 9.68. The third kappa shape index (κ3) is 4.87. The highest BCUT2D eigenvalue weighted by Gasteiger charge is 2.06. The molecule has 0 heteroatoms. The average molecular weight is 609 g/mol. The first-order valence-electron chi connectivity index (χ1n) is 16.6. The van der Waals surface area contributed by atoms with Crippen molar-refractivity contribution in [2.45, 2.75) is 0 Å². The minimum absolute atomic E-state index is 1.31. The molecule has 0 nitrogen and oxygen atoms in total. The van der Waals surface area contributed by atoms with Gasteiger partial charge >= 0.3 is 0 Å². The Bertz CT molecular complexity index is 2640. The second kappa shape index (κ2) is 11.8. The predicted octanol–water partition coefficient (Wildman–Crippen LogP) is 13.7. The highest BCUT2D eigenvalue weighted by atomic mass is 14.1. The molecule has 0 atom stereocenters. The van der Waals surface area contributed by atoms with E-state index >= 15 is 0 Å². The molecular formula is C48H32. The van der Waals surface area contributed by atoms with Crippen molar-refractivity contribution in [1.29, 1.82) is 0 Å². The van der Waals surface area contributed by atoms with E-state index in [1.54, 1.807) is 0 Å². The molecule has 11 aromatic carbocycles. The summed E-state index contributed by atoms with van der Waals surface area (Å²) >= 11 is 0. The van der Waals surface area contributed by atoms with E-state index in [9.17, 15) is 0 Å². The van der Waals surface area contributed by atoms with Crippen molar-refractivity contribution >= 4 is 86.2 Å². The van der Waals surface area contributed by atoms with Crippen LogP contribution in [-0.4, -0.2) is 0 Å². The van der Waals surface area contributed by atoms with Crippen LogP contribution in [0.15, 0.2) is 194 Å². The molecule has 0 heterocycles. The van der Waals surface area contributed by atoms with Gasteiger partial charge in [-0.1, -0.05) is 194 Å². The van der Waals surface area contributed by atoms with Crippen LogP contribution in [0, 0.1) is 0 Å². The van der Waals surface area contributed by atoms with Gasteiger partial charge in [0.15, 0.2) is 0 Å². The molecule has 0 unspecified atom stereocenters. The van der Waals surface area contributed by atoms with E-state index < -0.39 is 0 Å². The number of benzene rings is 11. The molecule has 0 saturated heterocycles. The SMILES string of the molecule is c1cc2ccc3cccc4ccc(c1)c2c34.c1ccc2c(c1)ccc1ccc3ccccc3c12.c1ccc2c(c1)ccc1ccccc12. The Balaban J connectivity index is 0.0000000988. The fraction of sp³-hybridized carbons (Fsp3) is 0. The summed E-state index contributed by atoms with van der Waals surface area (Å²) in [6.45, 7) is 0. The molecule has 0 aliphatic carbocycles. The number of fused-ring (bicyclic) bond motifs is 8. The van der Waals surface area contributed by atoms with Crippen molar-refractivity contribution in [2.75, 3.05) is 0 Å². The standard InChI is InChI=1S/C18H12.C16H10.C14H10/c1-3-7-16-13(5-1)9-11-15-12-10-14-6-2-4-8-17(14)18(15)16;1-3-11-7-9-13-5-2-6-14-10-8-12(4-1)15(11)16(13)14;1-3-7-13-11(5-1)9-10-12-6-2-4-8-14(12)13/h1-12H;1-10H;1-10H. The fourth-order valence-electron chi connectivity index (χ4n) is 7.40. The second-order valence-electron chi connectivity index (χ2n) is 12.5. The van der Waals surface area contributed by atoms with Gasteiger partial charge in [-0.2, -0.15) is 0 Å². The van der Waals surface area contributed by atoms with Crippen LogP contribution in [0.25, 0.3) is 86.2 Å². The summed E-state index contributed by atoms with van der Waals surface area (Å²) in [5, 5.41) is 21.4. The van der Waals surface area contributed by atoms with Gasteiger partial charge in [-0.15, -0.1) is 0 Å². The first kappa shape index (κ1) is 28.0. The average Bonchev–Trinajstić information content (AvgIpc) is 3.17. The summed E-state index contributed by atoms with van der Waals surface area (Å²) in [6, 6.07) is 69.3. The molecule has 48 heavy (non-hydrogen) atoms. The van der Waals surface area contributed by atoms with Gasteiger partial charge in [0.05, 0.1) is 0 Å². The lowest BCUT2D eigenvalue weighted by atomic mass is 9.95. The van der Waals surface area contributed by atoms with Gasteiger partial charge in [0, 0.05) is 0 Å². The van der Waals surface area contributed by atoms with Crippen LogP contribution >= 0.6 is 0 Å². The lowest BCUT2D eigenvalue weighted by Crippen LogP contribution is -1.82. The monoisotopic (exact) mass is 608 g/mol. The Morgan fingerprint density at radius 1 is 0.146 bits per heavy atom. The second-order valence-corrected chi connectivity index (χ2v) is 12.5. The molecule has 11 rings (SSSR count). The molecule has 0 bridgehead atoms. The van der Waals surface area contributed by atoms with Crippen molar-refractivity contribution in [1.82, 2.24) is 0 Å². The molecule has 0 radical (unpaired) electrons. The largest absolute Gasteiger partial charge is 0.0616 e. The van der Waals surface area contributed by atoms with Crippen LogP contribution in [-0.2, 0) is 0 Å². The minimum Gasteiger partial charge on any atom is -0.0616 e. The Labute approximate surface area is 279 Å². The normalized spacial score (nSPS) is 11.3. The molecule has 0 aliphatic heterocycles. The van der Waals surface area contributed by atoms with Crippen LogP contribution in [0.4, 0.5) is 0 Å². The third-order valence-corrected chi connectivity index (χ3v) is 9.68. The Kier molecular flexibility index (Phi) is 6.91. The predicted molar refractivity (Wildman–Crippen MR) is 211 cm³/mol. The molecule has 11 aromatic rings. The van der Waals surface area contributed by atoms with Crippen LogP contribution in [0.5, 0.6) is 0 Å². The summed E-state index contributed by atoms with van der Waals surface area (Å²) in [7, 11) is 0. The van der Waals surface area contributed by atoms with Crippen LogP contribution < -0.4 is 0 Å². The molecule has 0 aromatic heterocycles. The molecule has 0 spiro atoms. The van der Waals surface area contributed by atoms with Gasteiger partial charge in [-0.05, 0) is 86.2 Å². The lowest BCUT2D eigenvalue weighted by molar-refractivity contribution is 1.76. The maximum Gasteiger partial charge on any atom is -0.00268 e. The number of hydrogen-bond donors (Lipinski definition) is 0. The van der Waals surface area contributed by atoms with Gasteiger partial charge < -0.3 is 0 Å². The van der Waals surface area contributed by atoms with Gasteiger partial charge in [0.2, 0.25) is 0 Å². The Morgan fingerprint density at radius 2 is 0.375 bits per heavy atom. The van der Waals surface area contributed by atoms with Crippen molar-refractivity contribution in [3.8, 4) is 0 Å². The molecule has 0 fully saturated rings. The topological polar surface area (TPSA) is 0 Å². The molecule has 0 amide bonds. The van der Waals surface area contributed by atoms with Crippen molar-refractivity contribution in [3.63, 3.8) is 0 Å². The molecule has 0 N–H and O–H groups in total. The summed E-state index contributed by atoms with van der Waals surface area (Å²) in [5.41, 5.74) is 0. The smallest absolute Gasteiger partial charge is 0.00268 e. The van der Waals surface area contributed by atoms with Crippen molar-refractivity contribution in [2.24, 2.45) is 0 Å². The first-order chi connectivity index (χ1) is 23.8. The zero-order chi connectivity index (χ0) is 31.9. The zero-order valence-electron chi connectivity index (χ0n) is 26.5. The van der Waals surface area contributed by atoms with Crippen molar-refractivity contribution in [3.05, 3.63) is 194 Å². The van der Waals surface area contributed by atoms with E-state index in [1.807, 2.05) is 0 Å². The van der Waals surface area contributed by atoms with E-state index in [0.717, 1.165) is 0 Å². The van der Waals surface area contributed by atoms with Gasteiger partial charge in [0.1, 0.15) is 0 Å². The highest BCUT2D eigenvalue weighted by molar-refractivity contribution is 6.23. The van der Waals surface area contributed by atoms with Gasteiger partial charge in [0.25, 0.3) is 0 Å². The maximum atomic E-state index is 2.21. The van der Waals surface area contributed by atoms with Crippen LogP contribution in [0.2, 0.25) is 0 Å². The summed E-state index contributed by atoms with van der Waals surface area (Å²) in [5.74, 6) is 0. The Morgan fingerprint density at radius 3 is 0.729 bits per heavy atom. The molecule has 0 saturated carbocycles. The van der Waals surface area contributed by atoms with E-state index in [0.29, 0.717) is 0 Å². The van der Waals surface area contributed by atoms with Gasteiger partial charge in [-0.3, -0.25) is 0 Å². The van der Waals surface area contributed by atoms with Crippen molar-refractivity contribution < 1.29 is 0 Å². The summed E-state index contributed by atoms with van der Waals surface area (Å²) < 4.78 is 0. The summed E-state index contributed by atoms with van der Waals surface area (Å²) in [6.07, 6.45) is 0. The van der Waals surface area contributed by atoms with Gasteiger partial charge in [-0.25, -0.2) is 0 Å². The molecular weight excluding hydrogens is 577 g/mol. The molecule has 224 valence electrons. The van der Waals surface area contributed by atoms with Crippen LogP contribution in [0.3, 0.4) is 0 Å². The highest BCUT2D eigenvalue weighted by Crippen LogP contribution is 2.34. The Hall–Kier alpha value is -6.24. The molecule has 0 aliphatic rings. The lowest BCUT2D eigenvalue weighted by Gasteiger charge is -2.09. The zero-order valence-corrected chi connectivity index (χ0v) is 26.5. The fourth-order valence-corrected chi connectivity index (χ4v) is 7.40. The maximum absolute atomic E-state index is 2.21. The number of hydrogen-bond acceptors (Lipinski definition) is 0. The number of rotatable bonds is 0. The van der Waals surface area contributed by atoms with E-state index in [4.69, 9.17) is 0 Å². The minimum atomic E-state index is 1.31. The van der Waals surface area contributed by atoms with E-state index in [-0.39, 0.29) is 0 Å². The quantitative estimate of drug-likeness (QED) is 0.150. The first-order valence-corrected chi connectivity index (χ1v) is 16.6. The van der Waals surface area contributed by atoms with E-state index in [1.165, 1.54) is 86.2 Å². The van der Waals surface area contributed by atoms with Crippen LogP contribution in [0.1, 0.15) is 0 Å².